The topological polar surface area (TPSA) is 32.5 Å². The Balaban J connectivity index is 2.55. The molecule has 19 heavy (non-hydrogen) atoms. The number of hydrogen-bond donors (Lipinski definition) is 1. The van der Waals surface area contributed by atoms with Gasteiger partial charge in [0.1, 0.15) is 0 Å². The number of rotatable bonds is 8. The minimum Gasteiger partial charge on any atom is -0.323 e. The van der Waals surface area contributed by atoms with Crippen molar-refractivity contribution in [1.29, 1.82) is 0 Å². The Kier molecular flexibility index (Phi) is 7.06. The van der Waals surface area contributed by atoms with Crippen LogP contribution in [0.3, 0.4) is 0 Å². The smallest absolute Gasteiger partial charge is 0.0424 e. The zero-order chi connectivity index (χ0) is 14.3. The molecule has 0 spiro atoms. The van der Waals surface area contributed by atoms with E-state index in [1.807, 2.05) is 6.07 Å². The summed E-state index contributed by atoms with van der Waals surface area (Å²) in [6.07, 6.45) is 0. The Morgan fingerprint density at radius 3 is 2.16 bits per heavy atom. The summed E-state index contributed by atoms with van der Waals surface area (Å²) in [6.45, 7) is 8.71. The van der Waals surface area contributed by atoms with Crippen LogP contribution in [-0.2, 0) is 0 Å². The van der Waals surface area contributed by atoms with Crippen LogP contribution in [0.4, 0.5) is 0 Å². The van der Waals surface area contributed by atoms with E-state index in [1.165, 1.54) is 5.56 Å². The predicted octanol–water partition coefficient (Wildman–Crippen LogP) is 2.21. The van der Waals surface area contributed by atoms with Gasteiger partial charge in [-0.2, -0.15) is 0 Å². The summed E-state index contributed by atoms with van der Waals surface area (Å²) < 4.78 is 0. The van der Waals surface area contributed by atoms with Gasteiger partial charge in [-0.3, -0.25) is 4.90 Å². The van der Waals surface area contributed by atoms with E-state index in [0.717, 1.165) is 26.2 Å². The largest absolute Gasteiger partial charge is 0.323 e. The van der Waals surface area contributed by atoms with E-state index in [-0.39, 0.29) is 6.04 Å². The van der Waals surface area contributed by atoms with Crippen molar-refractivity contribution in [2.45, 2.75) is 19.9 Å². The van der Waals surface area contributed by atoms with E-state index < -0.39 is 0 Å². The Morgan fingerprint density at radius 1 is 1.00 bits per heavy atom. The lowest BCUT2D eigenvalue weighted by Crippen LogP contribution is -2.39. The second-order valence-corrected chi connectivity index (χ2v) is 5.97. The molecule has 1 aromatic rings. The molecule has 0 aliphatic heterocycles. The monoisotopic (exact) mass is 263 g/mol. The molecule has 3 nitrogen and oxygen atoms in total. The molecule has 0 bridgehead atoms. The molecule has 0 aliphatic rings. The molecule has 0 amide bonds. The fourth-order valence-electron chi connectivity index (χ4n) is 2.20. The Hall–Kier alpha value is -0.900. The quantitative estimate of drug-likeness (QED) is 0.780. The fourth-order valence-corrected chi connectivity index (χ4v) is 2.20. The van der Waals surface area contributed by atoms with Crippen molar-refractivity contribution in [3.63, 3.8) is 0 Å². The van der Waals surface area contributed by atoms with E-state index in [2.05, 4.69) is 62.0 Å². The number of nitrogens with two attached hydrogens (primary N) is 1. The highest BCUT2D eigenvalue weighted by Gasteiger charge is 2.13. The highest BCUT2D eigenvalue weighted by Crippen LogP contribution is 2.12. The first-order valence-corrected chi connectivity index (χ1v) is 7.16. The molecule has 0 fully saturated rings. The first kappa shape index (κ1) is 16.2. The van der Waals surface area contributed by atoms with Crippen molar-refractivity contribution in [2.75, 3.05) is 40.3 Å². The molecule has 0 radical (unpaired) electrons. The minimum atomic E-state index is 0.0992. The zero-order valence-electron chi connectivity index (χ0n) is 12.8. The average molecular weight is 263 g/mol. The maximum absolute atomic E-state index is 6.32. The summed E-state index contributed by atoms with van der Waals surface area (Å²) in [6, 6.07) is 10.5. The summed E-state index contributed by atoms with van der Waals surface area (Å²) in [7, 11) is 4.23. The third kappa shape index (κ3) is 6.71. The van der Waals surface area contributed by atoms with Gasteiger partial charge in [0.05, 0.1) is 0 Å². The van der Waals surface area contributed by atoms with Gasteiger partial charge in [-0.1, -0.05) is 44.2 Å². The maximum Gasteiger partial charge on any atom is 0.0424 e. The van der Waals surface area contributed by atoms with Gasteiger partial charge in [0, 0.05) is 32.2 Å². The summed E-state index contributed by atoms with van der Waals surface area (Å²) in [5.74, 6) is 0.671. The van der Waals surface area contributed by atoms with Crippen LogP contribution in [0.2, 0.25) is 0 Å². The zero-order valence-corrected chi connectivity index (χ0v) is 12.8. The third-order valence-corrected chi connectivity index (χ3v) is 3.17. The fraction of sp³-hybridized carbons (Fsp3) is 0.625. The van der Waals surface area contributed by atoms with Gasteiger partial charge in [-0.25, -0.2) is 0 Å². The molecule has 0 saturated carbocycles. The number of likely N-dealkylation sites (N-methyl/N-ethyl adjacent to an activating group) is 1. The van der Waals surface area contributed by atoms with Crippen molar-refractivity contribution >= 4 is 0 Å². The SMILES string of the molecule is CC(C)CN(CCN(C)C)CC(N)c1ccccc1. The Morgan fingerprint density at radius 2 is 1.63 bits per heavy atom. The highest BCUT2D eigenvalue weighted by atomic mass is 15.2. The van der Waals surface area contributed by atoms with Crippen LogP contribution in [0.15, 0.2) is 30.3 Å². The van der Waals surface area contributed by atoms with Crippen LogP contribution < -0.4 is 5.73 Å². The van der Waals surface area contributed by atoms with Crippen LogP contribution in [0.25, 0.3) is 0 Å². The number of hydrogen-bond acceptors (Lipinski definition) is 3. The van der Waals surface area contributed by atoms with E-state index in [4.69, 9.17) is 5.73 Å². The van der Waals surface area contributed by atoms with Gasteiger partial charge in [0.25, 0.3) is 0 Å². The molecular weight excluding hydrogens is 234 g/mol. The van der Waals surface area contributed by atoms with Crippen molar-refractivity contribution in [1.82, 2.24) is 9.80 Å². The van der Waals surface area contributed by atoms with Gasteiger partial charge in [-0.15, -0.1) is 0 Å². The predicted molar refractivity (Wildman–Crippen MR) is 83.2 cm³/mol. The number of benzene rings is 1. The lowest BCUT2D eigenvalue weighted by atomic mass is 10.1. The molecular formula is C16H29N3. The second kappa shape index (κ2) is 8.31. The molecule has 0 aliphatic carbocycles. The van der Waals surface area contributed by atoms with Crippen molar-refractivity contribution < 1.29 is 0 Å². The molecule has 0 heterocycles. The van der Waals surface area contributed by atoms with Crippen molar-refractivity contribution in [2.24, 2.45) is 11.7 Å². The molecule has 2 N–H and O–H groups in total. The maximum atomic E-state index is 6.32. The molecule has 0 aromatic heterocycles. The van der Waals surface area contributed by atoms with Gasteiger partial charge >= 0.3 is 0 Å². The summed E-state index contributed by atoms with van der Waals surface area (Å²) in [5, 5.41) is 0. The summed E-state index contributed by atoms with van der Waals surface area (Å²) >= 11 is 0. The van der Waals surface area contributed by atoms with Crippen LogP contribution >= 0.6 is 0 Å². The van der Waals surface area contributed by atoms with Crippen molar-refractivity contribution in [3.05, 3.63) is 35.9 Å². The molecule has 3 heteroatoms. The van der Waals surface area contributed by atoms with Crippen LogP contribution in [-0.4, -0.2) is 50.1 Å². The van der Waals surface area contributed by atoms with E-state index >= 15 is 0 Å². The Labute approximate surface area is 118 Å². The minimum absolute atomic E-state index is 0.0992. The highest BCUT2D eigenvalue weighted by molar-refractivity contribution is 5.18. The third-order valence-electron chi connectivity index (χ3n) is 3.17. The van der Waals surface area contributed by atoms with Gasteiger partial charge < -0.3 is 10.6 Å². The number of nitrogens with zero attached hydrogens (tertiary/aromatic N) is 2. The molecule has 0 saturated heterocycles. The lowest BCUT2D eigenvalue weighted by Gasteiger charge is -2.28. The van der Waals surface area contributed by atoms with Gasteiger partial charge in [0.15, 0.2) is 0 Å². The molecule has 108 valence electrons. The first-order chi connectivity index (χ1) is 8.99. The first-order valence-electron chi connectivity index (χ1n) is 7.16. The van der Waals surface area contributed by atoms with Crippen LogP contribution in [0.1, 0.15) is 25.5 Å². The lowest BCUT2D eigenvalue weighted by molar-refractivity contribution is 0.208. The summed E-state index contributed by atoms with van der Waals surface area (Å²) in [4.78, 5) is 4.70. The van der Waals surface area contributed by atoms with Gasteiger partial charge in [-0.05, 0) is 25.6 Å². The average Bonchev–Trinajstić information content (AvgIpc) is 2.36. The van der Waals surface area contributed by atoms with Crippen LogP contribution in [0, 0.1) is 5.92 Å². The van der Waals surface area contributed by atoms with E-state index in [0.29, 0.717) is 5.92 Å². The standard InChI is InChI=1S/C16H29N3/c1-14(2)12-19(11-10-18(3)4)13-16(17)15-8-6-5-7-9-15/h5-9,14,16H,10-13,17H2,1-4H3. The summed E-state index contributed by atoms with van der Waals surface area (Å²) in [5.41, 5.74) is 7.55. The van der Waals surface area contributed by atoms with E-state index in [9.17, 15) is 0 Å². The van der Waals surface area contributed by atoms with E-state index in [1.54, 1.807) is 0 Å². The molecule has 1 unspecified atom stereocenters. The normalized spacial score (nSPS) is 13.5. The molecule has 1 rings (SSSR count). The van der Waals surface area contributed by atoms with Crippen LogP contribution in [0.5, 0.6) is 0 Å². The Bertz CT molecular complexity index is 335. The van der Waals surface area contributed by atoms with Gasteiger partial charge in [0.2, 0.25) is 0 Å². The molecule has 1 atom stereocenters. The van der Waals surface area contributed by atoms with Crippen molar-refractivity contribution in [3.8, 4) is 0 Å². The second-order valence-electron chi connectivity index (χ2n) is 5.97. The molecule has 1 aromatic carbocycles.